The van der Waals surface area contributed by atoms with E-state index in [-0.39, 0.29) is 26.0 Å². The lowest BCUT2D eigenvalue weighted by Crippen LogP contribution is -2.44. The van der Waals surface area contributed by atoms with E-state index in [9.17, 15) is 24.6 Å². The van der Waals surface area contributed by atoms with E-state index >= 15 is 0 Å². The summed E-state index contributed by atoms with van der Waals surface area (Å²) in [7, 11) is 0. The van der Waals surface area contributed by atoms with E-state index in [1.807, 2.05) is 48.5 Å². The molecule has 3 aromatic carbocycles. The molecular weight excluding hydrogens is 476 g/mol. The quantitative estimate of drug-likeness (QED) is 0.280. The number of aliphatic hydroxyl groups is 1. The Kier molecular flexibility index (Phi) is 10.5. The van der Waals surface area contributed by atoms with E-state index in [1.165, 1.54) is 0 Å². The van der Waals surface area contributed by atoms with Crippen molar-refractivity contribution in [2.24, 2.45) is 0 Å². The molecule has 9 nitrogen and oxygen atoms in total. The molecule has 0 saturated carbocycles. The van der Waals surface area contributed by atoms with Crippen LogP contribution in [0, 0.1) is 0 Å². The van der Waals surface area contributed by atoms with Crippen molar-refractivity contribution >= 4 is 18.0 Å². The summed E-state index contributed by atoms with van der Waals surface area (Å²) in [5.74, 6) is -1.21. The summed E-state index contributed by atoms with van der Waals surface area (Å²) in [6, 6.07) is 24.6. The third kappa shape index (κ3) is 10.0. The molecule has 0 spiro atoms. The zero-order chi connectivity index (χ0) is 26.5. The van der Waals surface area contributed by atoms with Gasteiger partial charge in [0.05, 0.1) is 12.5 Å². The Morgan fingerprint density at radius 3 is 1.97 bits per heavy atom. The van der Waals surface area contributed by atoms with Crippen molar-refractivity contribution in [2.45, 2.75) is 38.2 Å². The maximum absolute atomic E-state index is 12.3. The largest absolute Gasteiger partial charge is 0.489 e. The van der Waals surface area contributed by atoms with Crippen LogP contribution in [0.3, 0.4) is 0 Å². The van der Waals surface area contributed by atoms with E-state index in [1.54, 1.807) is 36.4 Å². The minimum absolute atomic E-state index is 0.0557. The van der Waals surface area contributed by atoms with Gasteiger partial charge in [0.25, 0.3) is 0 Å². The van der Waals surface area contributed by atoms with Gasteiger partial charge >= 0.3 is 12.1 Å². The number of aliphatic carboxylic acids is 1. The molecule has 0 saturated heterocycles. The van der Waals surface area contributed by atoms with Gasteiger partial charge in [0, 0.05) is 13.0 Å². The highest BCUT2D eigenvalue weighted by Gasteiger charge is 2.22. The van der Waals surface area contributed by atoms with Crippen LogP contribution in [-0.4, -0.2) is 46.9 Å². The first-order valence-corrected chi connectivity index (χ1v) is 11.8. The van der Waals surface area contributed by atoms with Gasteiger partial charge in [-0.05, 0) is 28.8 Å². The standard InChI is InChI=1S/C28H30N2O7/c31-23(17-29-28(35)37-19-22-9-5-2-6-10-22)16-26(32)30-25(27(33)34)15-20-11-13-24(14-12-20)36-18-21-7-3-1-4-8-21/h1-14,23,25,31H,15-19H2,(H,29,35)(H,30,32)(H,33,34)/t23-,25+/m0/s1. The van der Waals surface area contributed by atoms with Crippen LogP contribution in [0.5, 0.6) is 5.75 Å². The van der Waals surface area contributed by atoms with E-state index in [4.69, 9.17) is 9.47 Å². The number of aliphatic hydroxyl groups excluding tert-OH is 1. The number of nitrogens with one attached hydrogen (secondary N) is 2. The Hall–Kier alpha value is -4.37. The smallest absolute Gasteiger partial charge is 0.407 e. The number of carbonyl (C=O) groups excluding carboxylic acids is 2. The molecule has 0 heterocycles. The first-order chi connectivity index (χ1) is 17.9. The molecule has 3 rings (SSSR count). The first-order valence-electron chi connectivity index (χ1n) is 11.8. The average molecular weight is 507 g/mol. The number of carboxylic acid groups (broad SMARTS) is 1. The van der Waals surface area contributed by atoms with Crippen LogP contribution in [0.4, 0.5) is 4.79 Å². The number of amides is 2. The summed E-state index contributed by atoms with van der Waals surface area (Å²) in [4.78, 5) is 35.8. The maximum Gasteiger partial charge on any atom is 0.407 e. The normalized spacial score (nSPS) is 12.1. The fraction of sp³-hybridized carbons (Fsp3) is 0.250. The van der Waals surface area contributed by atoms with Crippen molar-refractivity contribution in [1.29, 1.82) is 0 Å². The summed E-state index contributed by atoms with van der Waals surface area (Å²) < 4.78 is 10.8. The van der Waals surface area contributed by atoms with E-state index in [0.29, 0.717) is 17.9 Å². The van der Waals surface area contributed by atoms with Gasteiger partial charge in [0.15, 0.2) is 0 Å². The second kappa shape index (κ2) is 14.3. The molecule has 2 amide bonds. The average Bonchev–Trinajstić information content (AvgIpc) is 2.91. The SMILES string of the molecule is O=C(C[C@H](O)CNC(=O)OCc1ccccc1)N[C@H](Cc1ccc(OCc2ccccc2)cc1)C(=O)O. The monoisotopic (exact) mass is 506 g/mol. The molecule has 9 heteroatoms. The van der Waals surface area contributed by atoms with Gasteiger partial charge in [0.2, 0.25) is 5.91 Å². The molecule has 3 aromatic rings. The number of hydrogen-bond acceptors (Lipinski definition) is 6. The topological polar surface area (TPSA) is 134 Å². The highest BCUT2D eigenvalue weighted by Crippen LogP contribution is 2.15. The van der Waals surface area contributed by atoms with Crippen molar-refractivity contribution in [3.05, 3.63) is 102 Å². The number of carbonyl (C=O) groups is 3. The highest BCUT2D eigenvalue weighted by molar-refractivity contribution is 5.84. The lowest BCUT2D eigenvalue weighted by atomic mass is 10.1. The van der Waals surface area contributed by atoms with Crippen LogP contribution in [0.25, 0.3) is 0 Å². The zero-order valence-electron chi connectivity index (χ0n) is 20.2. The molecular formula is C28H30N2O7. The van der Waals surface area contributed by atoms with Crippen LogP contribution < -0.4 is 15.4 Å². The van der Waals surface area contributed by atoms with E-state index < -0.39 is 30.1 Å². The number of rotatable bonds is 13. The van der Waals surface area contributed by atoms with Crippen LogP contribution in [0.15, 0.2) is 84.9 Å². The Bertz CT molecular complexity index is 1140. The molecule has 4 N–H and O–H groups in total. The third-order valence-corrected chi connectivity index (χ3v) is 5.36. The molecule has 2 atom stereocenters. The van der Waals surface area contributed by atoms with E-state index in [0.717, 1.165) is 11.1 Å². The summed E-state index contributed by atoms with van der Waals surface area (Å²) in [5.41, 5.74) is 2.54. The molecule has 0 aromatic heterocycles. The highest BCUT2D eigenvalue weighted by atomic mass is 16.5. The van der Waals surface area contributed by atoms with Crippen molar-refractivity contribution < 1.29 is 34.1 Å². The minimum Gasteiger partial charge on any atom is -0.489 e. The summed E-state index contributed by atoms with van der Waals surface area (Å²) >= 11 is 0. The number of alkyl carbamates (subject to hydrolysis) is 1. The lowest BCUT2D eigenvalue weighted by Gasteiger charge is -2.17. The van der Waals surface area contributed by atoms with Crippen LogP contribution >= 0.6 is 0 Å². The van der Waals surface area contributed by atoms with Crippen molar-refractivity contribution in [1.82, 2.24) is 10.6 Å². The number of hydrogen-bond donors (Lipinski definition) is 4. The Morgan fingerprint density at radius 2 is 1.38 bits per heavy atom. The molecule has 0 unspecified atom stereocenters. The molecule has 0 aliphatic rings. The number of benzene rings is 3. The van der Waals surface area contributed by atoms with Crippen LogP contribution in [0.1, 0.15) is 23.1 Å². The molecule has 0 fully saturated rings. The van der Waals surface area contributed by atoms with E-state index in [2.05, 4.69) is 10.6 Å². The number of ether oxygens (including phenoxy) is 2. The number of carboxylic acids is 1. The second-order valence-corrected chi connectivity index (χ2v) is 8.38. The zero-order valence-corrected chi connectivity index (χ0v) is 20.2. The molecule has 37 heavy (non-hydrogen) atoms. The second-order valence-electron chi connectivity index (χ2n) is 8.38. The Morgan fingerprint density at radius 1 is 0.784 bits per heavy atom. The van der Waals surface area contributed by atoms with Gasteiger partial charge < -0.3 is 30.3 Å². The minimum atomic E-state index is -1.21. The van der Waals surface area contributed by atoms with Gasteiger partial charge in [-0.1, -0.05) is 72.8 Å². The Labute approximate surface area is 215 Å². The molecule has 0 aliphatic carbocycles. The first kappa shape index (κ1) is 27.2. The Balaban J connectivity index is 1.39. The fourth-order valence-corrected chi connectivity index (χ4v) is 3.41. The van der Waals surface area contributed by atoms with Gasteiger partial charge in [0.1, 0.15) is 25.0 Å². The van der Waals surface area contributed by atoms with Crippen molar-refractivity contribution in [3.63, 3.8) is 0 Å². The summed E-state index contributed by atoms with van der Waals surface area (Å²) in [6.07, 6.45) is -2.27. The predicted octanol–water partition coefficient (Wildman–Crippen LogP) is 3.05. The molecule has 0 radical (unpaired) electrons. The van der Waals surface area contributed by atoms with Crippen LogP contribution in [-0.2, 0) is 34.0 Å². The van der Waals surface area contributed by atoms with Crippen molar-refractivity contribution in [3.8, 4) is 5.75 Å². The summed E-state index contributed by atoms with van der Waals surface area (Å²) in [5, 5.41) is 24.4. The maximum atomic E-state index is 12.3. The lowest BCUT2D eigenvalue weighted by molar-refractivity contribution is -0.142. The molecule has 0 bridgehead atoms. The molecule has 194 valence electrons. The van der Waals surface area contributed by atoms with Gasteiger partial charge in [-0.25, -0.2) is 9.59 Å². The van der Waals surface area contributed by atoms with Crippen molar-refractivity contribution in [2.75, 3.05) is 6.54 Å². The van der Waals surface area contributed by atoms with Gasteiger partial charge in [-0.2, -0.15) is 0 Å². The van der Waals surface area contributed by atoms with Crippen LogP contribution in [0.2, 0.25) is 0 Å². The summed E-state index contributed by atoms with van der Waals surface area (Å²) in [6.45, 7) is 0.267. The predicted molar refractivity (Wildman–Crippen MR) is 136 cm³/mol. The van der Waals surface area contributed by atoms with Gasteiger partial charge in [-0.15, -0.1) is 0 Å². The molecule has 0 aliphatic heterocycles. The fourth-order valence-electron chi connectivity index (χ4n) is 3.41. The van der Waals surface area contributed by atoms with Gasteiger partial charge in [-0.3, -0.25) is 4.79 Å². The third-order valence-electron chi connectivity index (χ3n) is 5.36.